The molecule has 0 aromatic heterocycles. The maximum Gasteiger partial charge on any atom is 0.407 e. The van der Waals surface area contributed by atoms with E-state index in [1.807, 2.05) is 65.0 Å². The van der Waals surface area contributed by atoms with Crippen LogP contribution in [-0.2, 0) is 20.9 Å². The number of carbonyl (C=O) groups is 2. The van der Waals surface area contributed by atoms with Crippen molar-refractivity contribution in [2.75, 3.05) is 6.54 Å². The molecular weight excluding hydrogens is 344 g/mol. The van der Waals surface area contributed by atoms with Crippen molar-refractivity contribution < 1.29 is 19.1 Å². The largest absolute Gasteiger partial charge is 0.459 e. The lowest BCUT2D eigenvalue weighted by atomic mass is 10.1. The van der Waals surface area contributed by atoms with Crippen LogP contribution in [0.2, 0.25) is 0 Å². The summed E-state index contributed by atoms with van der Waals surface area (Å²) in [5.41, 5.74) is 0.450. The van der Waals surface area contributed by atoms with Crippen molar-refractivity contribution in [2.24, 2.45) is 0 Å². The van der Waals surface area contributed by atoms with Gasteiger partial charge in [-0.1, -0.05) is 44.2 Å². The molecule has 0 aliphatic heterocycles. The van der Waals surface area contributed by atoms with E-state index in [1.165, 1.54) is 0 Å². The van der Waals surface area contributed by atoms with Crippen LogP contribution in [0.4, 0.5) is 4.79 Å². The lowest BCUT2D eigenvalue weighted by molar-refractivity contribution is -0.157. The molecule has 27 heavy (non-hydrogen) atoms. The maximum atomic E-state index is 12.3. The molecule has 1 rings (SSSR count). The minimum absolute atomic E-state index is 0.189. The van der Waals surface area contributed by atoms with Crippen molar-refractivity contribution in [2.45, 2.75) is 78.2 Å². The van der Waals surface area contributed by atoms with E-state index in [1.54, 1.807) is 0 Å². The zero-order valence-corrected chi connectivity index (χ0v) is 17.2. The van der Waals surface area contributed by atoms with Crippen LogP contribution in [0.25, 0.3) is 0 Å². The number of hydrogen-bond acceptors (Lipinski definition) is 5. The molecule has 152 valence electrons. The Hall–Kier alpha value is -2.08. The summed E-state index contributed by atoms with van der Waals surface area (Å²) < 4.78 is 10.6. The number of unbranched alkanes of at least 4 members (excludes halogenated alkanes) is 1. The van der Waals surface area contributed by atoms with Gasteiger partial charge in [-0.2, -0.15) is 0 Å². The quantitative estimate of drug-likeness (QED) is 0.478. The summed E-state index contributed by atoms with van der Waals surface area (Å²) in [6.45, 7) is 10.4. The Balaban J connectivity index is 2.26. The van der Waals surface area contributed by atoms with Crippen LogP contribution in [0, 0.1) is 0 Å². The van der Waals surface area contributed by atoms with Crippen LogP contribution in [0.15, 0.2) is 30.3 Å². The van der Waals surface area contributed by atoms with E-state index in [-0.39, 0.29) is 24.7 Å². The highest BCUT2D eigenvalue weighted by Gasteiger charge is 2.25. The van der Waals surface area contributed by atoms with E-state index in [0.717, 1.165) is 18.4 Å². The Morgan fingerprint density at radius 3 is 2.33 bits per heavy atom. The van der Waals surface area contributed by atoms with Gasteiger partial charge in [0.15, 0.2) is 0 Å². The van der Waals surface area contributed by atoms with Gasteiger partial charge >= 0.3 is 12.1 Å². The minimum Gasteiger partial charge on any atom is -0.459 e. The molecule has 0 saturated heterocycles. The average Bonchev–Trinajstić information content (AvgIpc) is 2.57. The standard InChI is InChI=1S/C21H34N2O4/c1-16(2)23-18(19(24)27-21(3,4)5)13-9-10-14-22-20(25)26-15-17-11-7-6-8-12-17/h6-8,11-12,16,18,23H,9-10,13-15H2,1-5H3,(H,22,25). The summed E-state index contributed by atoms with van der Waals surface area (Å²) in [5.74, 6) is -0.230. The van der Waals surface area contributed by atoms with E-state index in [4.69, 9.17) is 9.47 Å². The fraction of sp³-hybridized carbons (Fsp3) is 0.619. The molecule has 1 aromatic carbocycles. The van der Waals surface area contributed by atoms with Crippen LogP contribution in [0.5, 0.6) is 0 Å². The number of rotatable bonds is 10. The first-order valence-corrected chi connectivity index (χ1v) is 9.61. The lowest BCUT2D eigenvalue weighted by Crippen LogP contribution is -2.44. The van der Waals surface area contributed by atoms with E-state index < -0.39 is 11.7 Å². The summed E-state index contributed by atoms with van der Waals surface area (Å²) in [6.07, 6.45) is 1.79. The van der Waals surface area contributed by atoms with Gasteiger partial charge in [0.1, 0.15) is 18.2 Å². The fourth-order valence-electron chi connectivity index (χ4n) is 2.48. The summed E-state index contributed by atoms with van der Waals surface area (Å²) in [5, 5.41) is 5.99. The van der Waals surface area contributed by atoms with Gasteiger partial charge in [-0.25, -0.2) is 4.79 Å². The molecule has 0 spiro atoms. The second-order valence-corrected chi connectivity index (χ2v) is 7.89. The first-order valence-electron chi connectivity index (χ1n) is 9.61. The molecule has 0 aliphatic carbocycles. The van der Waals surface area contributed by atoms with Crippen LogP contribution in [0.1, 0.15) is 59.4 Å². The minimum atomic E-state index is -0.502. The number of carbonyl (C=O) groups excluding carboxylic acids is 2. The highest BCUT2D eigenvalue weighted by molar-refractivity contribution is 5.76. The Morgan fingerprint density at radius 2 is 1.74 bits per heavy atom. The predicted molar refractivity (Wildman–Crippen MR) is 106 cm³/mol. The maximum absolute atomic E-state index is 12.3. The fourth-order valence-corrected chi connectivity index (χ4v) is 2.48. The second kappa shape index (κ2) is 11.6. The Bertz CT molecular complexity index is 567. The van der Waals surface area contributed by atoms with Gasteiger partial charge in [0, 0.05) is 12.6 Å². The first-order chi connectivity index (χ1) is 12.7. The average molecular weight is 379 g/mol. The van der Waals surface area contributed by atoms with Crippen molar-refractivity contribution in [3.63, 3.8) is 0 Å². The summed E-state index contributed by atoms with van der Waals surface area (Å²) >= 11 is 0. The molecule has 0 aliphatic rings. The van der Waals surface area contributed by atoms with E-state index in [0.29, 0.717) is 13.0 Å². The topological polar surface area (TPSA) is 76.7 Å². The molecule has 0 radical (unpaired) electrons. The molecule has 0 heterocycles. The molecule has 2 N–H and O–H groups in total. The number of hydrogen-bond donors (Lipinski definition) is 2. The summed E-state index contributed by atoms with van der Waals surface area (Å²) in [4.78, 5) is 24.0. The normalized spacial score (nSPS) is 12.5. The SMILES string of the molecule is CC(C)NC(CCCCNC(=O)OCc1ccccc1)C(=O)OC(C)(C)C. The Morgan fingerprint density at radius 1 is 1.07 bits per heavy atom. The van der Waals surface area contributed by atoms with Crippen molar-refractivity contribution in [1.29, 1.82) is 0 Å². The molecular formula is C21H34N2O4. The highest BCUT2D eigenvalue weighted by Crippen LogP contribution is 2.12. The molecule has 0 saturated carbocycles. The Labute approximate surface area is 163 Å². The third-order valence-corrected chi connectivity index (χ3v) is 3.63. The smallest absolute Gasteiger partial charge is 0.407 e. The number of alkyl carbamates (subject to hydrolysis) is 1. The molecule has 0 fully saturated rings. The van der Waals surface area contributed by atoms with Gasteiger partial charge in [-0.05, 0) is 45.6 Å². The van der Waals surface area contributed by atoms with E-state index in [2.05, 4.69) is 10.6 Å². The van der Waals surface area contributed by atoms with Crippen molar-refractivity contribution >= 4 is 12.1 Å². The van der Waals surface area contributed by atoms with E-state index >= 15 is 0 Å². The van der Waals surface area contributed by atoms with Crippen LogP contribution >= 0.6 is 0 Å². The molecule has 6 nitrogen and oxygen atoms in total. The number of amides is 1. The molecule has 0 bridgehead atoms. The van der Waals surface area contributed by atoms with Gasteiger partial charge in [0.05, 0.1) is 0 Å². The van der Waals surface area contributed by atoms with Gasteiger partial charge in [0.2, 0.25) is 0 Å². The number of ether oxygens (including phenoxy) is 2. The van der Waals surface area contributed by atoms with Gasteiger partial charge in [0.25, 0.3) is 0 Å². The lowest BCUT2D eigenvalue weighted by Gasteiger charge is -2.25. The predicted octanol–water partition coefficient (Wildman–Crippen LogP) is 3.79. The zero-order valence-electron chi connectivity index (χ0n) is 17.2. The third kappa shape index (κ3) is 11.3. The van der Waals surface area contributed by atoms with Gasteiger partial charge in [-0.15, -0.1) is 0 Å². The first kappa shape index (κ1) is 23.0. The van der Waals surface area contributed by atoms with Gasteiger partial charge in [-0.3, -0.25) is 4.79 Å². The van der Waals surface area contributed by atoms with Gasteiger partial charge < -0.3 is 20.1 Å². The third-order valence-electron chi connectivity index (χ3n) is 3.63. The highest BCUT2D eigenvalue weighted by atomic mass is 16.6. The number of benzene rings is 1. The zero-order chi connectivity index (χ0) is 20.3. The van der Waals surface area contributed by atoms with E-state index in [9.17, 15) is 9.59 Å². The molecule has 1 atom stereocenters. The molecule has 1 aromatic rings. The number of esters is 1. The Kier molecular flexibility index (Phi) is 9.86. The van der Waals surface area contributed by atoms with Crippen molar-refractivity contribution in [3.8, 4) is 0 Å². The summed E-state index contributed by atoms with van der Waals surface area (Å²) in [6, 6.07) is 9.40. The van der Waals surface area contributed by atoms with Crippen LogP contribution in [-0.4, -0.2) is 36.3 Å². The van der Waals surface area contributed by atoms with Crippen LogP contribution < -0.4 is 10.6 Å². The van der Waals surface area contributed by atoms with Crippen molar-refractivity contribution in [1.82, 2.24) is 10.6 Å². The monoisotopic (exact) mass is 378 g/mol. The van der Waals surface area contributed by atoms with Crippen LogP contribution in [0.3, 0.4) is 0 Å². The number of nitrogens with one attached hydrogen (secondary N) is 2. The molecule has 1 unspecified atom stereocenters. The molecule has 6 heteroatoms. The second-order valence-electron chi connectivity index (χ2n) is 7.89. The summed E-state index contributed by atoms with van der Waals surface area (Å²) in [7, 11) is 0. The molecule has 1 amide bonds. The van der Waals surface area contributed by atoms with Crippen molar-refractivity contribution in [3.05, 3.63) is 35.9 Å².